The minimum atomic E-state index is 0.473. The van der Waals surface area contributed by atoms with Crippen molar-refractivity contribution in [3.05, 3.63) is 35.4 Å². The van der Waals surface area contributed by atoms with E-state index in [1.165, 1.54) is 49.7 Å². The Labute approximate surface area is 123 Å². The fourth-order valence-electron chi connectivity index (χ4n) is 2.98. The molecule has 1 N–H and O–H groups in total. The molecule has 1 aromatic carbocycles. The molecule has 0 amide bonds. The van der Waals surface area contributed by atoms with Gasteiger partial charge in [0.05, 0.1) is 6.10 Å². The van der Waals surface area contributed by atoms with Gasteiger partial charge < -0.3 is 10.1 Å². The summed E-state index contributed by atoms with van der Waals surface area (Å²) in [5.41, 5.74) is 2.77. The Morgan fingerprint density at radius 1 is 1.35 bits per heavy atom. The van der Waals surface area contributed by atoms with Crippen molar-refractivity contribution in [1.29, 1.82) is 0 Å². The summed E-state index contributed by atoms with van der Waals surface area (Å²) >= 11 is 0. The highest BCUT2D eigenvalue weighted by molar-refractivity contribution is 5.25. The molecule has 1 fully saturated rings. The van der Waals surface area contributed by atoms with Crippen LogP contribution in [0.3, 0.4) is 0 Å². The number of nitrogens with one attached hydrogen (secondary N) is 1. The molecular weight excluding hydrogens is 246 g/mol. The monoisotopic (exact) mass is 275 g/mol. The van der Waals surface area contributed by atoms with Gasteiger partial charge in [0, 0.05) is 12.6 Å². The van der Waals surface area contributed by atoms with E-state index in [0.29, 0.717) is 12.1 Å². The van der Waals surface area contributed by atoms with Crippen LogP contribution < -0.4 is 5.32 Å². The molecule has 20 heavy (non-hydrogen) atoms. The van der Waals surface area contributed by atoms with Crippen molar-refractivity contribution < 1.29 is 4.74 Å². The number of hydrogen-bond acceptors (Lipinski definition) is 2. The van der Waals surface area contributed by atoms with Crippen molar-refractivity contribution in [3.63, 3.8) is 0 Å². The largest absolute Gasteiger partial charge is 0.378 e. The van der Waals surface area contributed by atoms with E-state index < -0.39 is 0 Å². The fraction of sp³-hybridized carbons (Fsp3) is 0.667. The highest BCUT2D eigenvalue weighted by atomic mass is 16.5. The maximum atomic E-state index is 5.86. The van der Waals surface area contributed by atoms with E-state index in [2.05, 4.69) is 43.4 Å². The van der Waals surface area contributed by atoms with Crippen LogP contribution in [-0.2, 0) is 4.74 Å². The molecule has 1 aliphatic heterocycles. The van der Waals surface area contributed by atoms with E-state index in [-0.39, 0.29) is 0 Å². The van der Waals surface area contributed by atoms with Gasteiger partial charge in [-0.3, -0.25) is 0 Å². The number of ether oxygens (including phenoxy) is 1. The van der Waals surface area contributed by atoms with Crippen molar-refractivity contribution in [2.45, 2.75) is 64.5 Å². The summed E-state index contributed by atoms with van der Waals surface area (Å²) in [4.78, 5) is 0. The summed E-state index contributed by atoms with van der Waals surface area (Å²) in [6.45, 7) is 6.45. The van der Waals surface area contributed by atoms with Crippen LogP contribution in [0.2, 0.25) is 0 Å². The van der Waals surface area contributed by atoms with E-state index >= 15 is 0 Å². The first kappa shape index (κ1) is 15.5. The molecule has 1 heterocycles. The zero-order valence-corrected chi connectivity index (χ0v) is 13.0. The van der Waals surface area contributed by atoms with Gasteiger partial charge in [0.2, 0.25) is 0 Å². The molecular formula is C18H29NO. The Balaban J connectivity index is 1.92. The van der Waals surface area contributed by atoms with Crippen molar-refractivity contribution >= 4 is 0 Å². The molecule has 112 valence electrons. The van der Waals surface area contributed by atoms with Crippen LogP contribution >= 0.6 is 0 Å². The molecule has 1 saturated heterocycles. The highest BCUT2D eigenvalue weighted by Gasteiger charge is 2.17. The Morgan fingerprint density at radius 3 is 2.95 bits per heavy atom. The molecule has 2 heteroatoms. The van der Waals surface area contributed by atoms with Crippen LogP contribution in [0, 0.1) is 6.92 Å². The number of benzene rings is 1. The molecule has 1 aromatic rings. The van der Waals surface area contributed by atoms with Gasteiger partial charge in [-0.15, -0.1) is 0 Å². The third-order valence-corrected chi connectivity index (χ3v) is 4.14. The number of hydrogen-bond donors (Lipinski definition) is 1. The van der Waals surface area contributed by atoms with E-state index in [0.717, 1.165) is 13.2 Å². The minimum Gasteiger partial charge on any atom is -0.378 e. The second-order valence-electron chi connectivity index (χ2n) is 5.99. The van der Waals surface area contributed by atoms with Crippen LogP contribution in [0.4, 0.5) is 0 Å². The van der Waals surface area contributed by atoms with Crippen LogP contribution in [0.5, 0.6) is 0 Å². The summed E-state index contributed by atoms with van der Waals surface area (Å²) in [5, 5.41) is 3.70. The van der Waals surface area contributed by atoms with Crippen molar-refractivity contribution in [1.82, 2.24) is 5.32 Å². The molecule has 2 rings (SSSR count). The van der Waals surface area contributed by atoms with Crippen LogP contribution in [0.25, 0.3) is 0 Å². The van der Waals surface area contributed by atoms with Gasteiger partial charge in [0.1, 0.15) is 0 Å². The van der Waals surface area contributed by atoms with E-state index in [9.17, 15) is 0 Å². The average Bonchev–Trinajstić information content (AvgIpc) is 2.48. The summed E-state index contributed by atoms with van der Waals surface area (Å²) in [7, 11) is 0. The molecule has 0 aliphatic carbocycles. The lowest BCUT2D eigenvalue weighted by molar-refractivity contribution is 0.00854. The predicted octanol–water partition coefficient (Wildman–Crippen LogP) is 4.39. The Morgan fingerprint density at radius 2 is 2.25 bits per heavy atom. The van der Waals surface area contributed by atoms with Crippen LogP contribution in [0.15, 0.2) is 24.3 Å². The quantitative estimate of drug-likeness (QED) is 0.797. The molecule has 0 aromatic heterocycles. The second kappa shape index (κ2) is 8.43. The maximum Gasteiger partial charge on any atom is 0.0575 e. The smallest absolute Gasteiger partial charge is 0.0575 e. The highest BCUT2D eigenvalue weighted by Crippen LogP contribution is 2.24. The normalized spacial score (nSPS) is 20.8. The predicted molar refractivity (Wildman–Crippen MR) is 85.0 cm³/mol. The lowest BCUT2D eigenvalue weighted by Crippen LogP contribution is -2.25. The molecule has 0 radical (unpaired) electrons. The molecule has 1 aliphatic rings. The van der Waals surface area contributed by atoms with Crippen LogP contribution in [0.1, 0.15) is 62.6 Å². The van der Waals surface area contributed by atoms with Gasteiger partial charge in [-0.25, -0.2) is 0 Å². The van der Waals surface area contributed by atoms with Gasteiger partial charge in [0.25, 0.3) is 0 Å². The lowest BCUT2D eigenvalue weighted by atomic mass is 9.96. The van der Waals surface area contributed by atoms with Crippen LogP contribution in [-0.4, -0.2) is 19.3 Å². The molecule has 0 bridgehead atoms. The molecule has 2 nitrogen and oxygen atoms in total. The Hall–Kier alpha value is -0.860. The summed E-state index contributed by atoms with van der Waals surface area (Å²) in [6.07, 6.45) is 7.84. The van der Waals surface area contributed by atoms with Crippen molar-refractivity contribution in [2.75, 3.05) is 13.2 Å². The maximum absolute atomic E-state index is 5.86. The summed E-state index contributed by atoms with van der Waals surface area (Å²) in [6, 6.07) is 9.38. The van der Waals surface area contributed by atoms with Gasteiger partial charge in [-0.1, -0.05) is 36.8 Å². The van der Waals surface area contributed by atoms with Gasteiger partial charge in [0.15, 0.2) is 0 Å². The molecule has 2 unspecified atom stereocenters. The molecule has 0 saturated carbocycles. The van der Waals surface area contributed by atoms with E-state index in [1.54, 1.807) is 0 Å². The van der Waals surface area contributed by atoms with Crippen molar-refractivity contribution in [3.8, 4) is 0 Å². The van der Waals surface area contributed by atoms with E-state index in [1.807, 2.05) is 0 Å². The van der Waals surface area contributed by atoms with Crippen molar-refractivity contribution in [2.24, 2.45) is 0 Å². The SMILES string of the molecule is CCCNC(CCC1CCCCO1)c1cccc(C)c1. The van der Waals surface area contributed by atoms with Gasteiger partial charge in [-0.2, -0.15) is 0 Å². The third-order valence-electron chi connectivity index (χ3n) is 4.14. The standard InChI is InChI=1S/C18H29NO/c1-3-12-19-18(16-8-6-7-15(2)14-16)11-10-17-9-4-5-13-20-17/h6-8,14,17-19H,3-5,9-13H2,1-2H3. The molecule has 0 spiro atoms. The first-order valence-electron chi connectivity index (χ1n) is 8.21. The zero-order chi connectivity index (χ0) is 14.2. The molecule has 2 atom stereocenters. The van der Waals surface area contributed by atoms with Gasteiger partial charge >= 0.3 is 0 Å². The van der Waals surface area contributed by atoms with E-state index in [4.69, 9.17) is 4.74 Å². The Kier molecular flexibility index (Phi) is 6.55. The topological polar surface area (TPSA) is 21.3 Å². The fourth-order valence-corrected chi connectivity index (χ4v) is 2.98. The average molecular weight is 275 g/mol. The Bertz CT molecular complexity index is 385. The van der Waals surface area contributed by atoms with Gasteiger partial charge in [-0.05, 0) is 57.6 Å². The summed E-state index contributed by atoms with van der Waals surface area (Å²) < 4.78 is 5.86. The zero-order valence-electron chi connectivity index (χ0n) is 13.0. The number of aryl methyl sites for hydroxylation is 1. The second-order valence-corrected chi connectivity index (χ2v) is 5.99. The number of rotatable bonds is 7. The minimum absolute atomic E-state index is 0.473. The lowest BCUT2D eigenvalue weighted by Gasteiger charge is -2.26. The first-order chi connectivity index (χ1) is 9.79. The summed E-state index contributed by atoms with van der Waals surface area (Å²) in [5.74, 6) is 0. The third kappa shape index (κ3) is 4.92. The first-order valence-corrected chi connectivity index (χ1v) is 8.21.